The lowest BCUT2D eigenvalue weighted by molar-refractivity contribution is 0.0732. The number of guanidine groups is 1. The lowest BCUT2D eigenvalue weighted by Gasteiger charge is -2.42. The van der Waals surface area contributed by atoms with E-state index in [1.54, 1.807) is 7.11 Å². The van der Waals surface area contributed by atoms with Gasteiger partial charge < -0.3 is 15.4 Å². The third kappa shape index (κ3) is 7.15. The van der Waals surface area contributed by atoms with E-state index in [2.05, 4.69) is 38.0 Å². The van der Waals surface area contributed by atoms with Gasteiger partial charge >= 0.3 is 0 Å². The zero-order valence-corrected chi connectivity index (χ0v) is 20.6. The van der Waals surface area contributed by atoms with E-state index in [0.717, 1.165) is 44.5 Å². The van der Waals surface area contributed by atoms with Gasteiger partial charge in [-0.25, -0.2) is 0 Å². The summed E-state index contributed by atoms with van der Waals surface area (Å²) < 4.78 is 5.30. The van der Waals surface area contributed by atoms with Gasteiger partial charge in [0.1, 0.15) is 0 Å². The first-order valence-electron chi connectivity index (χ1n) is 10.4. The fourth-order valence-corrected chi connectivity index (χ4v) is 4.96. The number of aliphatic imine (C=N–C) groups is 1. The number of methoxy groups -OCH3 is 1. The van der Waals surface area contributed by atoms with Crippen LogP contribution < -0.4 is 10.6 Å². The van der Waals surface area contributed by atoms with Gasteiger partial charge in [-0.3, -0.25) is 9.89 Å². The highest BCUT2D eigenvalue weighted by atomic mass is 127. The summed E-state index contributed by atoms with van der Waals surface area (Å²) in [5.74, 6) is 1.70. The molecule has 1 saturated heterocycles. The van der Waals surface area contributed by atoms with Crippen LogP contribution in [-0.4, -0.2) is 57.8 Å². The number of likely N-dealkylation sites (tertiary alicyclic amines) is 1. The molecule has 1 aliphatic heterocycles. The summed E-state index contributed by atoms with van der Waals surface area (Å²) in [6.45, 7) is 6.42. The minimum Gasteiger partial charge on any atom is -0.385 e. The molecule has 2 fully saturated rings. The Labute approximate surface area is 191 Å². The second kappa shape index (κ2) is 12.3. The van der Waals surface area contributed by atoms with Gasteiger partial charge in [0.05, 0.1) is 0 Å². The summed E-state index contributed by atoms with van der Waals surface area (Å²) >= 11 is 1.87. The molecule has 0 spiro atoms. The Bertz CT molecular complexity index is 569. The highest BCUT2D eigenvalue weighted by Crippen LogP contribution is 2.43. The number of halogens is 1. The third-order valence-electron chi connectivity index (χ3n) is 6.33. The van der Waals surface area contributed by atoms with E-state index >= 15 is 0 Å². The van der Waals surface area contributed by atoms with Crippen LogP contribution in [-0.2, 0) is 11.3 Å². The van der Waals surface area contributed by atoms with Crippen LogP contribution in [0.2, 0.25) is 0 Å². The Morgan fingerprint density at radius 2 is 2.11 bits per heavy atom. The maximum atomic E-state index is 5.30. The van der Waals surface area contributed by atoms with E-state index in [0.29, 0.717) is 5.41 Å². The van der Waals surface area contributed by atoms with E-state index in [4.69, 9.17) is 4.74 Å². The normalized spacial score (nSPS) is 20.3. The second-order valence-electron chi connectivity index (χ2n) is 8.20. The van der Waals surface area contributed by atoms with Gasteiger partial charge in [0, 0.05) is 45.3 Å². The first-order chi connectivity index (χ1) is 13.2. The number of ether oxygens (including phenoxy) is 1. The number of nitrogens with one attached hydrogen (secondary N) is 2. The minimum absolute atomic E-state index is 0. The van der Waals surface area contributed by atoms with Crippen LogP contribution in [0, 0.1) is 11.3 Å². The van der Waals surface area contributed by atoms with Crippen molar-refractivity contribution in [3.63, 3.8) is 0 Å². The van der Waals surface area contributed by atoms with Crippen LogP contribution in [0.3, 0.4) is 0 Å². The number of piperidine rings is 1. The second-order valence-corrected chi connectivity index (χ2v) is 9.23. The fourth-order valence-electron chi connectivity index (χ4n) is 4.21. The van der Waals surface area contributed by atoms with E-state index in [-0.39, 0.29) is 24.0 Å². The van der Waals surface area contributed by atoms with Gasteiger partial charge in [-0.1, -0.05) is 12.5 Å². The molecule has 2 N–H and O–H groups in total. The summed E-state index contributed by atoms with van der Waals surface area (Å²) in [4.78, 5) is 8.50. The molecule has 0 aromatic carbocycles. The first-order valence-corrected chi connectivity index (χ1v) is 11.3. The van der Waals surface area contributed by atoms with E-state index in [9.17, 15) is 0 Å². The minimum atomic E-state index is 0. The fraction of sp³-hybridized carbons (Fsp3) is 0.762. The average Bonchev–Trinajstić information content (AvgIpc) is 3.17. The van der Waals surface area contributed by atoms with Crippen molar-refractivity contribution in [2.75, 3.05) is 46.9 Å². The van der Waals surface area contributed by atoms with E-state index in [1.165, 1.54) is 50.1 Å². The number of thiophene rings is 1. The maximum absolute atomic E-state index is 5.30. The molecule has 1 aliphatic carbocycles. The Balaban J connectivity index is 0.00000280. The predicted molar refractivity (Wildman–Crippen MR) is 130 cm³/mol. The molecule has 7 heteroatoms. The molecule has 1 aromatic heterocycles. The Kier molecular flexibility index (Phi) is 10.5. The summed E-state index contributed by atoms with van der Waals surface area (Å²) in [7, 11) is 3.67. The SMILES string of the molecule is CN=C(NCC1CCN(Cc2cccs2)CC1)NCC1(CCOC)CCC1.I. The zero-order chi connectivity index (χ0) is 19.0. The summed E-state index contributed by atoms with van der Waals surface area (Å²) in [6.07, 6.45) is 7.66. The van der Waals surface area contributed by atoms with Crippen molar-refractivity contribution in [2.45, 2.75) is 45.1 Å². The summed E-state index contributed by atoms with van der Waals surface area (Å²) in [6, 6.07) is 4.40. The van der Waals surface area contributed by atoms with Crippen LogP contribution in [0.15, 0.2) is 22.5 Å². The van der Waals surface area contributed by atoms with Gasteiger partial charge in [-0.05, 0) is 68.0 Å². The number of hydrogen-bond acceptors (Lipinski definition) is 4. The van der Waals surface area contributed by atoms with Crippen molar-refractivity contribution >= 4 is 41.3 Å². The Hall–Kier alpha value is -0.380. The molecule has 160 valence electrons. The van der Waals surface area contributed by atoms with Crippen molar-refractivity contribution in [2.24, 2.45) is 16.3 Å². The van der Waals surface area contributed by atoms with E-state index in [1.807, 2.05) is 18.4 Å². The summed E-state index contributed by atoms with van der Waals surface area (Å²) in [5, 5.41) is 9.32. The van der Waals surface area contributed by atoms with Crippen LogP contribution >= 0.6 is 35.3 Å². The van der Waals surface area contributed by atoms with Gasteiger partial charge in [0.15, 0.2) is 5.96 Å². The molecule has 0 atom stereocenters. The molecule has 5 nitrogen and oxygen atoms in total. The van der Waals surface area contributed by atoms with Crippen LogP contribution in [0.25, 0.3) is 0 Å². The Morgan fingerprint density at radius 1 is 1.32 bits per heavy atom. The molecule has 1 saturated carbocycles. The zero-order valence-electron chi connectivity index (χ0n) is 17.4. The lowest BCUT2D eigenvalue weighted by Crippen LogP contribution is -2.48. The molecule has 0 radical (unpaired) electrons. The standard InChI is InChI=1S/C21H36N4OS.HI/c1-22-20(24-17-21(8-4-9-21)10-13-26-2)23-15-18-6-11-25(12-7-18)16-19-5-3-14-27-19;/h3,5,14,18H,4,6-13,15-17H2,1-2H3,(H2,22,23,24);1H. The molecule has 28 heavy (non-hydrogen) atoms. The van der Waals surface area contributed by atoms with Crippen molar-refractivity contribution in [3.8, 4) is 0 Å². The van der Waals surface area contributed by atoms with Crippen molar-refractivity contribution in [3.05, 3.63) is 22.4 Å². The highest BCUT2D eigenvalue weighted by Gasteiger charge is 2.36. The largest absolute Gasteiger partial charge is 0.385 e. The molecule has 1 aromatic rings. The molecule has 2 aliphatic rings. The molecular formula is C21H37IN4OS. The van der Waals surface area contributed by atoms with Crippen molar-refractivity contribution in [1.29, 1.82) is 0 Å². The molecular weight excluding hydrogens is 483 g/mol. The smallest absolute Gasteiger partial charge is 0.191 e. The lowest BCUT2D eigenvalue weighted by atomic mass is 9.67. The Morgan fingerprint density at radius 3 is 2.68 bits per heavy atom. The molecule has 2 heterocycles. The number of rotatable bonds is 9. The topological polar surface area (TPSA) is 48.9 Å². The van der Waals surface area contributed by atoms with Crippen LogP contribution in [0.1, 0.15) is 43.4 Å². The molecule has 0 bridgehead atoms. The third-order valence-corrected chi connectivity index (χ3v) is 7.19. The van der Waals surface area contributed by atoms with E-state index < -0.39 is 0 Å². The number of hydrogen-bond donors (Lipinski definition) is 2. The monoisotopic (exact) mass is 520 g/mol. The molecule has 0 unspecified atom stereocenters. The molecule has 3 rings (SSSR count). The van der Waals surface area contributed by atoms with Gasteiger partial charge in [0.25, 0.3) is 0 Å². The van der Waals surface area contributed by atoms with Crippen LogP contribution in [0.4, 0.5) is 0 Å². The average molecular weight is 521 g/mol. The van der Waals surface area contributed by atoms with Crippen molar-refractivity contribution in [1.82, 2.24) is 15.5 Å². The molecule has 0 amide bonds. The first kappa shape index (κ1) is 23.9. The highest BCUT2D eigenvalue weighted by molar-refractivity contribution is 14.0. The summed E-state index contributed by atoms with van der Waals surface area (Å²) in [5.41, 5.74) is 0.417. The van der Waals surface area contributed by atoms with Gasteiger partial charge in [0.2, 0.25) is 0 Å². The van der Waals surface area contributed by atoms with Gasteiger partial charge in [-0.15, -0.1) is 35.3 Å². The predicted octanol–water partition coefficient (Wildman–Crippen LogP) is 3.95. The quantitative estimate of drug-likeness (QED) is 0.294. The maximum Gasteiger partial charge on any atom is 0.191 e. The van der Waals surface area contributed by atoms with Crippen molar-refractivity contribution < 1.29 is 4.74 Å². The number of nitrogens with zero attached hydrogens (tertiary/aromatic N) is 2. The van der Waals surface area contributed by atoms with Crippen LogP contribution in [0.5, 0.6) is 0 Å². The van der Waals surface area contributed by atoms with Gasteiger partial charge in [-0.2, -0.15) is 0 Å².